The highest BCUT2D eigenvalue weighted by molar-refractivity contribution is 6.03. The van der Waals surface area contributed by atoms with Crippen molar-refractivity contribution in [3.8, 4) is 35.4 Å². The third kappa shape index (κ3) is 8.52. The Morgan fingerprint density at radius 3 is 2.42 bits per heavy atom. The van der Waals surface area contributed by atoms with Crippen LogP contribution in [0.5, 0.6) is 11.8 Å². The zero-order valence-electron chi connectivity index (χ0n) is 41.3. The summed E-state index contributed by atoms with van der Waals surface area (Å²) in [6.45, 7) is 9.68. The lowest BCUT2D eigenvalue weighted by atomic mass is 9.60. The van der Waals surface area contributed by atoms with Crippen LogP contribution in [0.3, 0.4) is 0 Å². The van der Waals surface area contributed by atoms with Gasteiger partial charge in [0.15, 0.2) is 5.82 Å². The monoisotopic (exact) mass is 994 g/mol. The maximum absolute atomic E-state index is 17.1. The number of aliphatic hydroxyl groups is 1. The fourth-order valence-electron chi connectivity index (χ4n) is 12.8. The molecule has 1 unspecified atom stereocenters. The minimum Gasteiger partial charge on any atom is -0.508 e. The van der Waals surface area contributed by atoms with Gasteiger partial charge in [-0.1, -0.05) is 12.0 Å². The Balaban J connectivity index is 0.688. The number of aryl methyl sites for hydroxylation is 1. The first-order valence-corrected chi connectivity index (χ1v) is 25.7. The van der Waals surface area contributed by atoms with Gasteiger partial charge in [0.25, 0.3) is 0 Å². The summed E-state index contributed by atoms with van der Waals surface area (Å²) in [6.07, 6.45) is 15.8. The van der Waals surface area contributed by atoms with Gasteiger partial charge >= 0.3 is 11.7 Å². The molecule has 2 amide bonds. The van der Waals surface area contributed by atoms with E-state index in [1.807, 2.05) is 23.1 Å². The summed E-state index contributed by atoms with van der Waals surface area (Å²) in [5.74, 6) is 0.472. The van der Waals surface area contributed by atoms with Crippen molar-refractivity contribution in [3.63, 3.8) is 0 Å². The van der Waals surface area contributed by atoms with E-state index in [9.17, 15) is 24.6 Å². The number of anilines is 2. The number of imidazole rings is 1. The average Bonchev–Trinajstić information content (AvgIpc) is 4.09. The molecular formula is C55H60F2N10O6. The Labute approximate surface area is 420 Å². The number of terminal acetylenes is 1. The summed E-state index contributed by atoms with van der Waals surface area (Å²) >= 11 is 0. The Morgan fingerprint density at radius 1 is 0.918 bits per heavy atom. The van der Waals surface area contributed by atoms with E-state index in [2.05, 4.69) is 35.9 Å². The second-order valence-corrected chi connectivity index (χ2v) is 22.2. The van der Waals surface area contributed by atoms with Gasteiger partial charge in [-0.15, -0.1) is 6.42 Å². The predicted octanol–water partition coefficient (Wildman–Crippen LogP) is 6.02. The van der Waals surface area contributed by atoms with Gasteiger partial charge in [-0.3, -0.25) is 33.9 Å². The molecule has 0 bridgehead atoms. The normalized spacial score (nSPS) is 23.5. The van der Waals surface area contributed by atoms with E-state index >= 15 is 8.78 Å². The summed E-state index contributed by atoms with van der Waals surface area (Å²) in [5, 5.41) is 25.2. The zero-order valence-corrected chi connectivity index (χ0v) is 41.3. The summed E-state index contributed by atoms with van der Waals surface area (Å²) < 4.78 is 41.8. The van der Waals surface area contributed by atoms with Crippen molar-refractivity contribution in [2.45, 2.75) is 88.8 Å². The Bertz CT molecular complexity index is 3340. The van der Waals surface area contributed by atoms with E-state index in [1.165, 1.54) is 47.9 Å². The number of piperidine rings is 3. The van der Waals surface area contributed by atoms with Gasteiger partial charge in [0, 0.05) is 93.6 Å². The number of carbonyl (C=O) groups is 2. The van der Waals surface area contributed by atoms with E-state index < -0.39 is 29.2 Å². The topological polar surface area (TPSA) is 174 Å². The van der Waals surface area contributed by atoms with Gasteiger partial charge < -0.3 is 29.6 Å². The second-order valence-electron chi connectivity index (χ2n) is 22.2. The third-order valence-electron chi connectivity index (χ3n) is 17.1. The number of hydrogen-bond acceptors (Lipinski definition) is 13. The quantitative estimate of drug-likeness (QED) is 0.108. The van der Waals surface area contributed by atoms with Crippen molar-refractivity contribution in [3.05, 3.63) is 76.3 Å². The molecule has 3 aromatic heterocycles. The Morgan fingerprint density at radius 2 is 1.70 bits per heavy atom. The number of fused-ring (bicyclic) bond motifs is 3. The van der Waals surface area contributed by atoms with Crippen molar-refractivity contribution >= 4 is 56.0 Å². The number of β-amino-alcohol motifs (C(OH)–C–C–N with tert-alkyl or cyclic N) is 1. The van der Waals surface area contributed by atoms with Crippen LogP contribution in [0.15, 0.2) is 53.5 Å². The number of nitrogens with zero attached hydrogens (tertiary/aromatic N) is 9. The number of aromatic nitrogens is 5. The number of rotatable bonds is 10. The van der Waals surface area contributed by atoms with E-state index in [4.69, 9.17) is 16.1 Å². The smallest absolute Gasteiger partial charge is 0.329 e. The highest BCUT2D eigenvalue weighted by atomic mass is 19.1. The van der Waals surface area contributed by atoms with E-state index in [1.54, 1.807) is 18.5 Å². The van der Waals surface area contributed by atoms with Crippen LogP contribution in [-0.2, 0) is 16.6 Å². The first kappa shape index (κ1) is 47.3. The molecule has 6 aliphatic rings. The van der Waals surface area contributed by atoms with Crippen molar-refractivity contribution in [1.29, 1.82) is 0 Å². The number of amides is 2. The molecule has 16 nitrogen and oxygen atoms in total. The molecule has 6 aromatic rings. The van der Waals surface area contributed by atoms with Crippen LogP contribution in [0.1, 0.15) is 82.7 Å². The van der Waals surface area contributed by atoms with Gasteiger partial charge in [-0.05, 0) is 125 Å². The van der Waals surface area contributed by atoms with Gasteiger partial charge in [0.2, 0.25) is 11.8 Å². The lowest BCUT2D eigenvalue weighted by Gasteiger charge is -2.56. The Kier molecular flexibility index (Phi) is 11.5. The molecule has 3 N–H and O–H groups in total. The molecule has 73 heavy (non-hydrogen) atoms. The number of hydrogen-bond donors (Lipinski definition) is 3. The maximum Gasteiger partial charge on any atom is 0.329 e. The largest absolute Gasteiger partial charge is 0.508 e. The molecule has 1 spiro atoms. The number of imide groups is 1. The molecule has 6 fully saturated rings. The zero-order chi connectivity index (χ0) is 50.6. The highest BCUT2D eigenvalue weighted by Crippen LogP contribution is 2.53. The number of halogens is 2. The van der Waals surface area contributed by atoms with Gasteiger partial charge in [0.1, 0.15) is 34.6 Å². The SMILES string of the molecule is C#Cc1c(F)ccc2cc(O)cc(-c3ncc4c(N5CCC[C@@](C)(O)C5)nc(OCC5(CN6CCC7(CC6)CC(N6CCN(c8ccc9c(c8)n(C)c(=O)n9C8CCC(=O)NC8=O)CC6)C7)CC5)nc4c3F)c12. The fraction of sp³-hybridized carbons (Fsp3) is 0.491. The van der Waals surface area contributed by atoms with Crippen LogP contribution in [-0.4, -0.2) is 133 Å². The van der Waals surface area contributed by atoms with Crippen LogP contribution in [0, 0.1) is 34.8 Å². The molecule has 4 saturated heterocycles. The van der Waals surface area contributed by atoms with Gasteiger partial charge in [0.05, 0.1) is 34.2 Å². The van der Waals surface area contributed by atoms with Crippen LogP contribution >= 0.6 is 0 Å². The average molecular weight is 995 g/mol. The van der Waals surface area contributed by atoms with Crippen molar-refractivity contribution < 1.29 is 33.3 Å². The number of likely N-dealkylation sites (tertiary alicyclic amines) is 1. The van der Waals surface area contributed by atoms with Gasteiger partial charge in [-0.2, -0.15) is 9.97 Å². The lowest BCUT2D eigenvalue weighted by Crippen LogP contribution is -2.59. The Hall–Kier alpha value is -6.68. The number of benzene rings is 3. The number of carbonyl (C=O) groups excluding carboxylic acids is 2. The fourth-order valence-corrected chi connectivity index (χ4v) is 12.8. The first-order chi connectivity index (χ1) is 35.1. The molecule has 18 heteroatoms. The molecule has 2 atom stereocenters. The third-order valence-corrected chi connectivity index (χ3v) is 17.1. The predicted molar refractivity (Wildman–Crippen MR) is 273 cm³/mol. The van der Waals surface area contributed by atoms with Gasteiger partial charge in [-0.25, -0.2) is 13.6 Å². The summed E-state index contributed by atoms with van der Waals surface area (Å²) in [5.41, 5.74) is 1.44. The maximum atomic E-state index is 17.1. The first-order valence-electron chi connectivity index (χ1n) is 25.7. The molecule has 12 rings (SSSR count). The second kappa shape index (κ2) is 17.8. The molecule has 4 aliphatic heterocycles. The molecule has 3 aromatic carbocycles. The van der Waals surface area contributed by atoms with E-state index in [0.717, 1.165) is 82.7 Å². The number of aromatic hydroxyl groups is 1. The standard InChI is InChI=1S/C55H60F2N10O6/c1-4-37-40(56)8-6-33-24-36(68)26-38(45(33)37)47-46(57)48-39(29-58-47)49(66-17-5-12-53(2,72)30-66)61-51(60-48)73-32-55(13-14-55)31-63-18-15-54(16-19-63)27-35(28-54)65-22-20-64(21-23-65)34-7-9-41-43(25-34)62(3)52(71)67(41)42-10-11-44(69)59-50(42)70/h1,6-9,24-26,29,35,42,68,72H,5,10-23,27-28,30-32H2,2-3H3,(H,59,69,70)/t42?,53-/m1/s1. The minimum atomic E-state index is -0.985. The minimum absolute atomic E-state index is 0.0276. The van der Waals surface area contributed by atoms with Crippen molar-refractivity contribution in [2.75, 3.05) is 75.3 Å². The van der Waals surface area contributed by atoms with Crippen LogP contribution in [0.2, 0.25) is 0 Å². The number of ether oxygens (including phenoxy) is 1. The number of phenolic OH excluding ortho intramolecular Hbond substituents is 1. The van der Waals surface area contributed by atoms with E-state index in [0.29, 0.717) is 66.0 Å². The molecule has 2 saturated carbocycles. The number of piperazine rings is 1. The molecular weight excluding hydrogens is 935 g/mol. The molecule has 2 aliphatic carbocycles. The molecule has 7 heterocycles. The van der Waals surface area contributed by atoms with Crippen LogP contribution < -0.4 is 25.5 Å². The van der Waals surface area contributed by atoms with Crippen molar-refractivity contribution in [2.24, 2.45) is 17.9 Å². The number of phenols is 1. The summed E-state index contributed by atoms with van der Waals surface area (Å²) in [4.78, 5) is 61.4. The number of pyridine rings is 1. The molecule has 380 valence electrons. The van der Waals surface area contributed by atoms with Crippen LogP contribution in [0.25, 0.3) is 44.0 Å². The summed E-state index contributed by atoms with van der Waals surface area (Å²) in [6, 6.07) is 11.4. The lowest BCUT2D eigenvalue weighted by molar-refractivity contribution is -0.135. The van der Waals surface area contributed by atoms with Crippen LogP contribution in [0.4, 0.5) is 20.3 Å². The summed E-state index contributed by atoms with van der Waals surface area (Å²) in [7, 11) is 1.73. The van der Waals surface area contributed by atoms with Crippen molar-refractivity contribution in [1.82, 2.24) is 39.2 Å². The molecule has 0 radical (unpaired) electrons. The number of nitrogens with one attached hydrogen (secondary N) is 1. The van der Waals surface area contributed by atoms with E-state index in [-0.39, 0.29) is 69.5 Å². The highest BCUT2D eigenvalue weighted by Gasteiger charge is 2.51.